The predicted octanol–water partition coefficient (Wildman–Crippen LogP) is 3.04. The Hall–Kier alpha value is -2.04. The highest BCUT2D eigenvalue weighted by Gasteiger charge is 2.20. The highest BCUT2D eigenvalue weighted by atomic mass is 16.2. The van der Waals surface area contributed by atoms with Crippen molar-refractivity contribution >= 4 is 17.6 Å². The van der Waals surface area contributed by atoms with Crippen molar-refractivity contribution in [3.63, 3.8) is 0 Å². The van der Waals surface area contributed by atoms with Gasteiger partial charge in [-0.05, 0) is 31.9 Å². The van der Waals surface area contributed by atoms with Gasteiger partial charge in [-0.1, -0.05) is 43.9 Å². The number of para-hydroxylation sites is 1. The second-order valence-corrected chi connectivity index (χ2v) is 5.88. The lowest BCUT2D eigenvalue weighted by Crippen LogP contribution is -2.49. The number of rotatable bonds is 4. The molecule has 5 nitrogen and oxygen atoms in total. The van der Waals surface area contributed by atoms with Gasteiger partial charge in [-0.3, -0.25) is 4.79 Å². The Morgan fingerprint density at radius 3 is 2.32 bits per heavy atom. The van der Waals surface area contributed by atoms with E-state index in [9.17, 15) is 9.59 Å². The molecule has 0 radical (unpaired) electrons. The lowest BCUT2D eigenvalue weighted by molar-refractivity contribution is -0.123. The van der Waals surface area contributed by atoms with Crippen molar-refractivity contribution in [3.05, 3.63) is 30.3 Å². The van der Waals surface area contributed by atoms with Crippen molar-refractivity contribution < 1.29 is 9.59 Å². The summed E-state index contributed by atoms with van der Waals surface area (Å²) in [6.07, 6.45) is 6.91. The van der Waals surface area contributed by atoms with Gasteiger partial charge in [-0.2, -0.15) is 0 Å². The first-order valence-corrected chi connectivity index (χ1v) is 8.08. The van der Waals surface area contributed by atoms with Crippen LogP contribution in [-0.4, -0.2) is 24.0 Å². The molecule has 0 spiro atoms. The molecule has 22 heavy (non-hydrogen) atoms. The third kappa shape index (κ3) is 5.39. The standard InChI is InChI=1S/C17H25N3O2/c1-13(16(21)19-14-9-5-2-3-6-10-14)18-17(22)20-15-11-7-4-8-12-15/h4,7-8,11-14H,2-3,5-6,9-10H2,1H3,(H,19,21)(H2,18,20,22). The van der Waals surface area contributed by atoms with E-state index in [0.29, 0.717) is 5.69 Å². The van der Waals surface area contributed by atoms with Crippen molar-refractivity contribution in [2.24, 2.45) is 0 Å². The number of amides is 3. The minimum absolute atomic E-state index is 0.116. The molecule has 0 aliphatic heterocycles. The first-order valence-electron chi connectivity index (χ1n) is 8.08. The molecule has 0 heterocycles. The summed E-state index contributed by atoms with van der Waals surface area (Å²) in [5.41, 5.74) is 0.705. The molecule has 0 bridgehead atoms. The molecule has 0 aromatic heterocycles. The summed E-state index contributed by atoms with van der Waals surface area (Å²) < 4.78 is 0. The van der Waals surface area contributed by atoms with Crippen LogP contribution >= 0.6 is 0 Å². The average molecular weight is 303 g/mol. The molecule has 1 aromatic rings. The average Bonchev–Trinajstić information content (AvgIpc) is 2.76. The Labute approximate surface area is 131 Å². The highest BCUT2D eigenvalue weighted by molar-refractivity contribution is 5.93. The largest absolute Gasteiger partial charge is 0.352 e. The molecule has 1 aromatic carbocycles. The van der Waals surface area contributed by atoms with Crippen molar-refractivity contribution in [2.75, 3.05) is 5.32 Å². The van der Waals surface area contributed by atoms with Crippen molar-refractivity contribution in [1.82, 2.24) is 10.6 Å². The molecule has 3 N–H and O–H groups in total. The van der Waals surface area contributed by atoms with Gasteiger partial charge in [0.2, 0.25) is 5.91 Å². The summed E-state index contributed by atoms with van der Waals surface area (Å²) in [4.78, 5) is 24.0. The van der Waals surface area contributed by atoms with Crippen LogP contribution in [0, 0.1) is 0 Å². The van der Waals surface area contributed by atoms with E-state index in [-0.39, 0.29) is 18.0 Å². The zero-order chi connectivity index (χ0) is 15.8. The van der Waals surface area contributed by atoms with E-state index in [4.69, 9.17) is 0 Å². The fraction of sp³-hybridized carbons (Fsp3) is 0.529. The van der Waals surface area contributed by atoms with Crippen LogP contribution in [0.2, 0.25) is 0 Å². The third-order valence-corrected chi connectivity index (χ3v) is 3.97. The van der Waals surface area contributed by atoms with E-state index < -0.39 is 6.04 Å². The van der Waals surface area contributed by atoms with Gasteiger partial charge in [-0.15, -0.1) is 0 Å². The van der Waals surface area contributed by atoms with E-state index in [1.165, 1.54) is 25.7 Å². The molecular formula is C17H25N3O2. The van der Waals surface area contributed by atoms with Crippen LogP contribution in [0.4, 0.5) is 10.5 Å². The lowest BCUT2D eigenvalue weighted by Gasteiger charge is -2.20. The third-order valence-electron chi connectivity index (χ3n) is 3.97. The Morgan fingerprint density at radius 1 is 1.05 bits per heavy atom. The molecule has 2 rings (SSSR count). The van der Waals surface area contributed by atoms with Gasteiger partial charge in [-0.25, -0.2) is 4.79 Å². The van der Waals surface area contributed by atoms with E-state index >= 15 is 0 Å². The quantitative estimate of drug-likeness (QED) is 0.748. The van der Waals surface area contributed by atoms with Gasteiger partial charge in [0.25, 0.3) is 0 Å². The van der Waals surface area contributed by atoms with Gasteiger partial charge in [0.15, 0.2) is 0 Å². The normalized spacial score (nSPS) is 17.1. The van der Waals surface area contributed by atoms with E-state index in [1.807, 2.05) is 18.2 Å². The Bertz CT molecular complexity index is 482. The molecular weight excluding hydrogens is 278 g/mol. The van der Waals surface area contributed by atoms with Gasteiger partial charge in [0.05, 0.1) is 0 Å². The fourth-order valence-electron chi connectivity index (χ4n) is 2.70. The van der Waals surface area contributed by atoms with Crippen molar-refractivity contribution in [3.8, 4) is 0 Å². The summed E-state index contributed by atoms with van der Waals surface area (Å²) in [5.74, 6) is -0.116. The molecule has 120 valence electrons. The molecule has 1 aliphatic carbocycles. The van der Waals surface area contributed by atoms with Crippen LogP contribution in [0.3, 0.4) is 0 Å². The molecule has 1 fully saturated rings. The van der Waals surface area contributed by atoms with Crippen molar-refractivity contribution in [1.29, 1.82) is 0 Å². The van der Waals surface area contributed by atoms with E-state index in [0.717, 1.165) is 12.8 Å². The Kier molecular flexibility index (Phi) is 6.25. The van der Waals surface area contributed by atoms with Gasteiger partial charge in [0.1, 0.15) is 6.04 Å². The summed E-state index contributed by atoms with van der Waals surface area (Å²) in [6.45, 7) is 1.70. The SMILES string of the molecule is CC(NC(=O)Nc1ccccc1)C(=O)NC1CCCCCC1. The van der Waals surface area contributed by atoms with Gasteiger partial charge >= 0.3 is 6.03 Å². The van der Waals surface area contributed by atoms with E-state index in [2.05, 4.69) is 16.0 Å². The number of benzene rings is 1. The number of anilines is 1. The topological polar surface area (TPSA) is 70.2 Å². The van der Waals surface area contributed by atoms with Crippen LogP contribution in [0.5, 0.6) is 0 Å². The number of carbonyl (C=O) groups excluding carboxylic acids is 2. The van der Waals surface area contributed by atoms with Gasteiger partial charge < -0.3 is 16.0 Å². The summed E-state index contributed by atoms with van der Waals surface area (Å²) in [7, 11) is 0. The minimum Gasteiger partial charge on any atom is -0.352 e. The number of carbonyl (C=O) groups is 2. The second kappa shape index (κ2) is 8.41. The summed E-state index contributed by atoms with van der Waals surface area (Å²) in [5, 5.41) is 8.43. The summed E-state index contributed by atoms with van der Waals surface area (Å²) in [6, 6.07) is 8.51. The van der Waals surface area contributed by atoms with Crippen LogP contribution in [0.25, 0.3) is 0 Å². The smallest absolute Gasteiger partial charge is 0.319 e. The van der Waals surface area contributed by atoms with E-state index in [1.54, 1.807) is 19.1 Å². The zero-order valence-corrected chi connectivity index (χ0v) is 13.1. The van der Waals surface area contributed by atoms with Crippen molar-refractivity contribution in [2.45, 2.75) is 57.5 Å². The molecule has 0 saturated heterocycles. The Morgan fingerprint density at radius 2 is 1.68 bits per heavy atom. The molecule has 3 amide bonds. The number of hydrogen-bond donors (Lipinski definition) is 3. The van der Waals surface area contributed by atoms with Crippen LogP contribution in [0.15, 0.2) is 30.3 Å². The maximum atomic E-state index is 12.2. The molecule has 1 atom stereocenters. The predicted molar refractivity (Wildman–Crippen MR) is 87.7 cm³/mol. The number of hydrogen-bond acceptors (Lipinski definition) is 2. The van der Waals surface area contributed by atoms with Crippen LogP contribution < -0.4 is 16.0 Å². The first kappa shape index (κ1) is 16.3. The monoisotopic (exact) mass is 303 g/mol. The molecule has 1 unspecified atom stereocenters. The Balaban J connectivity index is 1.76. The van der Waals surface area contributed by atoms with Crippen LogP contribution in [-0.2, 0) is 4.79 Å². The number of nitrogens with one attached hydrogen (secondary N) is 3. The zero-order valence-electron chi connectivity index (χ0n) is 13.1. The fourth-order valence-corrected chi connectivity index (χ4v) is 2.70. The number of urea groups is 1. The molecule has 1 saturated carbocycles. The highest BCUT2D eigenvalue weighted by Crippen LogP contribution is 2.17. The summed E-state index contributed by atoms with van der Waals surface area (Å²) >= 11 is 0. The second-order valence-electron chi connectivity index (χ2n) is 5.88. The van der Waals surface area contributed by atoms with Crippen LogP contribution in [0.1, 0.15) is 45.4 Å². The maximum absolute atomic E-state index is 12.2. The lowest BCUT2D eigenvalue weighted by atomic mass is 10.1. The molecule has 5 heteroatoms. The van der Waals surface area contributed by atoms with Gasteiger partial charge in [0, 0.05) is 11.7 Å². The minimum atomic E-state index is -0.549. The molecule has 1 aliphatic rings. The maximum Gasteiger partial charge on any atom is 0.319 e. The first-order chi connectivity index (χ1) is 10.6.